The SMILES string of the molecule is Cn1cc(C(=O)Nc2cc(Cl)c(CC(=O)N3C[C@@H](N4CCN(CCF)CC4)C[C@H]3CO[C@H]3CC[C@H](C(=O)O)CC3)cc2Cl)c2ccccc21. The molecule has 0 spiro atoms. The molecular weight excluding hydrogens is 672 g/mol. The van der Waals surface area contributed by atoms with E-state index in [1.807, 2.05) is 40.8 Å². The fourth-order valence-electron chi connectivity index (χ4n) is 7.61. The lowest BCUT2D eigenvalue weighted by atomic mass is 9.87. The van der Waals surface area contributed by atoms with Crippen LogP contribution in [-0.2, 0) is 27.8 Å². The van der Waals surface area contributed by atoms with Crippen LogP contribution < -0.4 is 5.32 Å². The molecule has 2 amide bonds. The number of fused-ring (bicyclic) bond motifs is 1. The minimum absolute atomic E-state index is 0.0271. The largest absolute Gasteiger partial charge is 0.481 e. The topological polar surface area (TPSA) is 107 Å². The number of piperazine rings is 1. The van der Waals surface area contributed by atoms with Crippen molar-refractivity contribution in [3.63, 3.8) is 0 Å². The zero-order chi connectivity index (χ0) is 34.7. The summed E-state index contributed by atoms with van der Waals surface area (Å²) in [4.78, 5) is 45.0. The number of hydrogen-bond donors (Lipinski definition) is 2. The fourth-order valence-corrected chi connectivity index (χ4v) is 8.08. The second-order valence-electron chi connectivity index (χ2n) is 13.5. The number of alkyl halides is 1. The Hall–Kier alpha value is -3.22. The Morgan fingerprint density at radius 3 is 2.47 bits per heavy atom. The highest BCUT2D eigenvalue weighted by Crippen LogP contribution is 2.33. The van der Waals surface area contributed by atoms with Gasteiger partial charge in [-0.05, 0) is 55.9 Å². The standard InChI is InChI=1S/C36H44Cl2FN5O5/c1-41-21-29(28-4-2-3-5-33(28)41)35(46)40-32-19-30(37)24(16-31(32)38)17-34(45)44-20-25(43-14-12-42(11-10-39)13-15-43)18-26(44)22-49-27-8-6-23(7-9-27)36(47)48/h2-5,16,19,21,23,25-27H,6-15,17-18,20,22H2,1H3,(H,40,46)(H,47,48)/t23-,25-,26-,27-/m0/s1. The molecule has 6 rings (SSSR count). The molecule has 264 valence electrons. The van der Waals surface area contributed by atoms with Crippen LogP contribution in [0, 0.1) is 5.92 Å². The van der Waals surface area contributed by atoms with Crippen LogP contribution in [0.3, 0.4) is 0 Å². The number of benzene rings is 2. The smallest absolute Gasteiger partial charge is 0.306 e. The molecule has 3 fully saturated rings. The first-order valence-corrected chi connectivity index (χ1v) is 17.9. The number of carboxylic acid groups (broad SMARTS) is 1. The van der Waals surface area contributed by atoms with Crippen molar-refractivity contribution >= 4 is 57.6 Å². The number of aliphatic carboxylic acids is 1. The van der Waals surface area contributed by atoms with Crippen molar-refractivity contribution in [1.29, 1.82) is 0 Å². The average Bonchev–Trinajstić information content (AvgIpc) is 3.68. The minimum Gasteiger partial charge on any atom is -0.481 e. The lowest BCUT2D eigenvalue weighted by molar-refractivity contribution is -0.144. The Kier molecular flexibility index (Phi) is 11.5. The van der Waals surface area contributed by atoms with Gasteiger partial charge in [-0.1, -0.05) is 41.4 Å². The Morgan fingerprint density at radius 2 is 1.76 bits per heavy atom. The monoisotopic (exact) mass is 715 g/mol. The number of ether oxygens (including phenoxy) is 1. The first-order valence-electron chi connectivity index (χ1n) is 17.1. The molecule has 1 aromatic heterocycles. The van der Waals surface area contributed by atoms with Crippen molar-refractivity contribution in [3.8, 4) is 0 Å². The van der Waals surface area contributed by atoms with E-state index in [0.717, 1.165) is 43.5 Å². The molecule has 0 unspecified atom stereocenters. The van der Waals surface area contributed by atoms with Gasteiger partial charge < -0.3 is 24.6 Å². The van der Waals surface area contributed by atoms with Gasteiger partial charge in [-0.3, -0.25) is 24.2 Å². The van der Waals surface area contributed by atoms with Gasteiger partial charge in [0.25, 0.3) is 5.91 Å². The summed E-state index contributed by atoms with van der Waals surface area (Å²) in [5.74, 6) is -1.47. The van der Waals surface area contributed by atoms with Crippen LogP contribution in [0.2, 0.25) is 10.0 Å². The van der Waals surface area contributed by atoms with E-state index in [1.54, 1.807) is 18.3 Å². The summed E-state index contributed by atoms with van der Waals surface area (Å²) in [5, 5.41) is 13.7. The van der Waals surface area contributed by atoms with Gasteiger partial charge in [0.2, 0.25) is 5.91 Å². The molecule has 2 atom stereocenters. The maximum Gasteiger partial charge on any atom is 0.306 e. The third kappa shape index (κ3) is 8.23. The Bertz CT molecular complexity index is 1670. The van der Waals surface area contributed by atoms with E-state index < -0.39 is 5.97 Å². The number of amides is 2. The van der Waals surface area contributed by atoms with Crippen LogP contribution in [0.4, 0.5) is 10.1 Å². The molecule has 0 bridgehead atoms. The van der Waals surface area contributed by atoms with E-state index in [2.05, 4.69) is 15.1 Å². The Labute approximate surface area is 296 Å². The summed E-state index contributed by atoms with van der Waals surface area (Å²) < 4.78 is 21.1. The van der Waals surface area contributed by atoms with Gasteiger partial charge in [-0.25, -0.2) is 4.39 Å². The normalized spacial score (nSPS) is 23.6. The number of carbonyl (C=O) groups excluding carboxylic acids is 2. The molecule has 1 aliphatic carbocycles. The molecule has 10 nitrogen and oxygen atoms in total. The van der Waals surface area contributed by atoms with Crippen LogP contribution in [0.5, 0.6) is 0 Å². The highest BCUT2D eigenvalue weighted by molar-refractivity contribution is 6.36. The van der Waals surface area contributed by atoms with Gasteiger partial charge in [-0.15, -0.1) is 0 Å². The number of likely N-dealkylation sites (tertiary alicyclic amines) is 1. The summed E-state index contributed by atoms with van der Waals surface area (Å²) >= 11 is 13.4. The highest BCUT2D eigenvalue weighted by Gasteiger charge is 2.39. The van der Waals surface area contributed by atoms with Gasteiger partial charge in [0.1, 0.15) is 6.67 Å². The molecular formula is C36H44Cl2FN5O5. The predicted molar refractivity (Wildman–Crippen MR) is 188 cm³/mol. The number of aromatic nitrogens is 1. The summed E-state index contributed by atoms with van der Waals surface area (Å²) in [6, 6.07) is 10.9. The van der Waals surface area contributed by atoms with E-state index in [9.17, 15) is 23.9 Å². The van der Waals surface area contributed by atoms with Crippen LogP contribution in [0.25, 0.3) is 10.9 Å². The van der Waals surface area contributed by atoms with Gasteiger partial charge in [0.05, 0.1) is 47.4 Å². The number of carbonyl (C=O) groups is 3. The number of nitrogens with one attached hydrogen (secondary N) is 1. The number of rotatable bonds is 11. The van der Waals surface area contributed by atoms with Gasteiger partial charge >= 0.3 is 5.97 Å². The fraction of sp³-hybridized carbons (Fsp3) is 0.528. The zero-order valence-corrected chi connectivity index (χ0v) is 29.3. The number of carboxylic acids is 1. The molecule has 13 heteroatoms. The first kappa shape index (κ1) is 35.6. The van der Waals surface area contributed by atoms with Gasteiger partial charge in [0.15, 0.2) is 0 Å². The van der Waals surface area contributed by atoms with Gasteiger partial charge in [-0.2, -0.15) is 0 Å². The predicted octanol–water partition coefficient (Wildman–Crippen LogP) is 5.50. The molecule has 0 radical (unpaired) electrons. The van der Waals surface area contributed by atoms with E-state index in [4.69, 9.17) is 27.9 Å². The molecule has 2 saturated heterocycles. The second-order valence-corrected chi connectivity index (χ2v) is 14.3. The number of para-hydroxylation sites is 1. The summed E-state index contributed by atoms with van der Waals surface area (Å²) in [6.45, 7) is 4.22. The maximum atomic E-state index is 14.0. The average molecular weight is 717 g/mol. The summed E-state index contributed by atoms with van der Waals surface area (Å²) in [7, 11) is 1.88. The summed E-state index contributed by atoms with van der Waals surface area (Å²) in [6.07, 6.45) is 5.11. The number of halogens is 3. The lowest BCUT2D eigenvalue weighted by Gasteiger charge is -2.37. The number of aryl methyl sites for hydroxylation is 1. The van der Waals surface area contributed by atoms with Crippen LogP contribution >= 0.6 is 23.2 Å². The highest BCUT2D eigenvalue weighted by atomic mass is 35.5. The number of anilines is 1. The molecule has 2 aromatic carbocycles. The van der Waals surface area contributed by atoms with Crippen LogP contribution in [0.15, 0.2) is 42.6 Å². The van der Waals surface area contributed by atoms with Crippen molar-refractivity contribution < 1.29 is 28.6 Å². The molecule has 1 saturated carbocycles. The van der Waals surface area contributed by atoms with E-state index in [0.29, 0.717) is 67.2 Å². The molecule has 3 aliphatic rings. The van der Waals surface area contributed by atoms with Gasteiger partial charge in [0, 0.05) is 74.5 Å². The molecule has 49 heavy (non-hydrogen) atoms. The molecule has 3 aromatic rings. The Morgan fingerprint density at radius 1 is 1.02 bits per heavy atom. The zero-order valence-electron chi connectivity index (χ0n) is 27.8. The number of hydrogen-bond acceptors (Lipinski definition) is 6. The van der Waals surface area contributed by atoms with Crippen LogP contribution in [-0.4, -0.2) is 113 Å². The lowest BCUT2D eigenvalue weighted by Crippen LogP contribution is -2.51. The first-order chi connectivity index (χ1) is 23.6. The van der Waals surface area contributed by atoms with Crippen molar-refractivity contribution in [1.82, 2.24) is 19.3 Å². The van der Waals surface area contributed by atoms with E-state index >= 15 is 0 Å². The van der Waals surface area contributed by atoms with Crippen molar-refractivity contribution in [2.24, 2.45) is 13.0 Å². The van der Waals surface area contributed by atoms with Crippen molar-refractivity contribution in [2.75, 3.05) is 57.9 Å². The maximum absolute atomic E-state index is 14.0. The van der Waals surface area contributed by atoms with Crippen LogP contribution in [0.1, 0.15) is 48.0 Å². The second kappa shape index (κ2) is 15.8. The minimum atomic E-state index is -0.750. The third-order valence-electron chi connectivity index (χ3n) is 10.5. The number of nitrogens with zero attached hydrogens (tertiary/aromatic N) is 4. The Balaban J connectivity index is 1.13. The van der Waals surface area contributed by atoms with E-state index in [1.165, 1.54) is 0 Å². The van der Waals surface area contributed by atoms with Crippen molar-refractivity contribution in [2.45, 2.75) is 56.7 Å². The third-order valence-corrected chi connectivity index (χ3v) is 11.1. The summed E-state index contributed by atoms with van der Waals surface area (Å²) in [5.41, 5.74) is 2.37. The molecule has 3 heterocycles. The quantitative estimate of drug-likeness (QED) is 0.270. The van der Waals surface area contributed by atoms with E-state index in [-0.39, 0.29) is 54.0 Å². The molecule has 2 aliphatic heterocycles. The van der Waals surface area contributed by atoms with Crippen molar-refractivity contribution in [3.05, 3.63) is 63.8 Å². The molecule has 2 N–H and O–H groups in total.